The van der Waals surface area contributed by atoms with Gasteiger partial charge in [-0.1, -0.05) is 11.6 Å². The van der Waals surface area contributed by atoms with Gasteiger partial charge in [0.05, 0.1) is 22.5 Å². The minimum Gasteiger partial charge on any atom is -0.449 e. The average Bonchev–Trinajstić information content (AvgIpc) is 2.65. The van der Waals surface area contributed by atoms with Crippen LogP contribution in [0.1, 0.15) is 22.8 Å². The van der Waals surface area contributed by atoms with Crippen LogP contribution in [0.5, 0.6) is 0 Å². The highest BCUT2D eigenvalue weighted by atomic mass is 35.5. The molecular weight excluding hydrogens is 415 g/mol. The van der Waals surface area contributed by atoms with Crippen molar-refractivity contribution in [2.24, 2.45) is 0 Å². The SMILES string of the molecule is CC(OC(=O)c1ccc(Cl)nc1)C(=O)N1CC(=O)Nc2cc(C(F)(F)F)ccc21. The lowest BCUT2D eigenvalue weighted by Crippen LogP contribution is -2.47. The molecule has 0 saturated carbocycles. The third kappa shape index (κ3) is 4.48. The van der Waals surface area contributed by atoms with Gasteiger partial charge >= 0.3 is 12.1 Å². The van der Waals surface area contributed by atoms with E-state index in [1.165, 1.54) is 25.3 Å². The molecule has 0 radical (unpaired) electrons. The fourth-order valence-electron chi connectivity index (χ4n) is 2.66. The Bertz CT molecular complexity index is 979. The number of ether oxygens (including phenoxy) is 1. The van der Waals surface area contributed by atoms with Gasteiger partial charge in [0, 0.05) is 6.20 Å². The van der Waals surface area contributed by atoms with E-state index in [1.54, 1.807) is 0 Å². The topological polar surface area (TPSA) is 88.6 Å². The molecule has 0 fully saturated rings. The third-order valence-electron chi connectivity index (χ3n) is 4.05. The van der Waals surface area contributed by atoms with Crippen LogP contribution in [0.15, 0.2) is 36.5 Å². The second kappa shape index (κ2) is 7.70. The molecule has 1 aliphatic heterocycles. The van der Waals surface area contributed by atoms with Crippen LogP contribution < -0.4 is 10.2 Å². The maximum atomic E-state index is 12.9. The van der Waals surface area contributed by atoms with Crippen molar-refractivity contribution < 1.29 is 32.3 Å². The molecule has 1 N–H and O–H groups in total. The van der Waals surface area contributed by atoms with E-state index in [2.05, 4.69) is 10.3 Å². The van der Waals surface area contributed by atoms with Crippen LogP contribution >= 0.6 is 11.6 Å². The van der Waals surface area contributed by atoms with Crippen LogP contribution in [-0.2, 0) is 20.5 Å². The van der Waals surface area contributed by atoms with Gasteiger partial charge in [-0.3, -0.25) is 14.5 Å². The Morgan fingerprint density at radius 2 is 2.00 bits per heavy atom. The van der Waals surface area contributed by atoms with Gasteiger partial charge in [0.15, 0.2) is 6.10 Å². The summed E-state index contributed by atoms with van der Waals surface area (Å²) in [6, 6.07) is 5.34. The van der Waals surface area contributed by atoms with Crippen LogP contribution in [0.25, 0.3) is 0 Å². The summed E-state index contributed by atoms with van der Waals surface area (Å²) in [5.74, 6) is -2.29. The van der Waals surface area contributed by atoms with Gasteiger partial charge in [0.1, 0.15) is 11.7 Å². The van der Waals surface area contributed by atoms with E-state index in [1.807, 2.05) is 0 Å². The number of aromatic nitrogens is 1. The van der Waals surface area contributed by atoms with Gasteiger partial charge in [0.2, 0.25) is 5.91 Å². The maximum Gasteiger partial charge on any atom is 0.416 e. The standard InChI is InChI=1S/C18H13ClF3N3O4/c1-9(29-17(28)10-2-5-14(19)23-7-10)16(27)25-8-15(26)24-12-6-11(18(20,21)22)3-4-13(12)25/h2-7,9H,8H2,1H3,(H,24,26). The molecule has 1 unspecified atom stereocenters. The summed E-state index contributed by atoms with van der Waals surface area (Å²) in [4.78, 5) is 41.4. The van der Waals surface area contributed by atoms with Crippen molar-refractivity contribution in [1.29, 1.82) is 0 Å². The highest BCUT2D eigenvalue weighted by Crippen LogP contribution is 2.37. The number of nitrogens with one attached hydrogen (secondary N) is 1. The first-order valence-corrected chi connectivity index (χ1v) is 8.59. The summed E-state index contributed by atoms with van der Waals surface area (Å²) < 4.78 is 43.8. The molecule has 152 valence electrons. The first-order valence-electron chi connectivity index (χ1n) is 8.21. The number of alkyl halides is 3. The molecule has 1 aromatic heterocycles. The van der Waals surface area contributed by atoms with Crippen LogP contribution in [0.4, 0.5) is 24.5 Å². The fourth-order valence-corrected chi connectivity index (χ4v) is 2.77. The van der Waals surface area contributed by atoms with Crippen molar-refractivity contribution in [3.63, 3.8) is 0 Å². The fraction of sp³-hybridized carbons (Fsp3) is 0.222. The Morgan fingerprint density at radius 3 is 2.62 bits per heavy atom. The minimum atomic E-state index is -4.61. The number of carbonyl (C=O) groups excluding carboxylic acids is 3. The molecule has 0 bridgehead atoms. The van der Waals surface area contributed by atoms with Gasteiger partial charge in [0.25, 0.3) is 5.91 Å². The number of hydrogen-bond acceptors (Lipinski definition) is 5. The van der Waals surface area contributed by atoms with Crippen LogP contribution in [0.3, 0.4) is 0 Å². The number of hydrogen-bond donors (Lipinski definition) is 1. The van der Waals surface area contributed by atoms with Crippen LogP contribution in [-0.4, -0.2) is 35.4 Å². The number of anilines is 2. The van der Waals surface area contributed by atoms with E-state index in [0.29, 0.717) is 0 Å². The number of carbonyl (C=O) groups is 3. The second-order valence-electron chi connectivity index (χ2n) is 6.12. The largest absolute Gasteiger partial charge is 0.449 e. The molecule has 2 aromatic rings. The molecule has 1 aromatic carbocycles. The summed E-state index contributed by atoms with van der Waals surface area (Å²) in [6.07, 6.45) is -4.75. The lowest BCUT2D eigenvalue weighted by molar-refractivity contribution is -0.137. The third-order valence-corrected chi connectivity index (χ3v) is 4.27. The van der Waals surface area contributed by atoms with Crippen molar-refractivity contribution in [1.82, 2.24) is 4.98 Å². The average molecular weight is 428 g/mol. The van der Waals surface area contributed by atoms with Crippen molar-refractivity contribution in [2.45, 2.75) is 19.2 Å². The molecule has 2 heterocycles. The van der Waals surface area contributed by atoms with Gasteiger partial charge in [-0.05, 0) is 37.3 Å². The molecule has 0 aliphatic carbocycles. The van der Waals surface area contributed by atoms with Gasteiger partial charge in [-0.2, -0.15) is 13.2 Å². The van der Waals surface area contributed by atoms with Crippen molar-refractivity contribution >= 4 is 40.8 Å². The molecule has 7 nitrogen and oxygen atoms in total. The van der Waals surface area contributed by atoms with E-state index in [-0.39, 0.29) is 22.1 Å². The first kappa shape index (κ1) is 20.6. The van der Waals surface area contributed by atoms with E-state index < -0.39 is 42.2 Å². The zero-order valence-electron chi connectivity index (χ0n) is 14.8. The predicted octanol–water partition coefficient (Wildman–Crippen LogP) is 3.28. The summed E-state index contributed by atoms with van der Waals surface area (Å²) in [5.41, 5.74) is -1.01. The number of amides is 2. The molecule has 29 heavy (non-hydrogen) atoms. The number of esters is 1. The number of rotatable bonds is 3. The Kier molecular flexibility index (Phi) is 5.47. The Labute approximate surface area is 167 Å². The second-order valence-corrected chi connectivity index (χ2v) is 6.51. The molecule has 1 aliphatic rings. The highest BCUT2D eigenvalue weighted by molar-refractivity contribution is 6.29. The first-order chi connectivity index (χ1) is 13.6. The predicted molar refractivity (Wildman–Crippen MR) is 96.6 cm³/mol. The van der Waals surface area contributed by atoms with Crippen molar-refractivity contribution in [3.05, 3.63) is 52.8 Å². The number of nitrogens with zero attached hydrogens (tertiary/aromatic N) is 2. The summed E-state index contributed by atoms with van der Waals surface area (Å²) in [5, 5.41) is 2.47. The summed E-state index contributed by atoms with van der Waals surface area (Å²) in [7, 11) is 0. The molecule has 11 heteroatoms. The number of halogens is 4. The monoisotopic (exact) mass is 427 g/mol. The summed E-state index contributed by atoms with van der Waals surface area (Å²) >= 11 is 5.64. The van der Waals surface area contributed by atoms with E-state index in [0.717, 1.165) is 23.1 Å². The van der Waals surface area contributed by atoms with Crippen molar-refractivity contribution in [3.8, 4) is 0 Å². The molecule has 2 amide bonds. The van der Waals surface area contributed by atoms with Gasteiger partial charge < -0.3 is 10.1 Å². The normalized spacial score (nSPS) is 14.7. The number of benzene rings is 1. The zero-order chi connectivity index (χ0) is 21.3. The van der Waals surface area contributed by atoms with E-state index >= 15 is 0 Å². The van der Waals surface area contributed by atoms with Crippen LogP contribution in [0.2, 0.25) is 5.15 Å². The lowest BCUT2D eigenvalue weighted by Gasteiger charge is -2.31. The Hall–Kier alpha value is -3.14. The molecule has 0 saturated heterocycles. The van der Waals surface area contributed by atoms with E-state index in [9.17, 15) is 27.6 Å². The number of pyridine rings is 1. The van der Waals surface area contributed by atoms with E-state index in [4.69, 9.17) is 16.3 Å². The minimum absolute atomic E-state index is 0.0562. The lowest BCUT2D eigenvalue weighted by atomic mass is 10.1. The van der Waals surface area contributed by atoms with Gasteiger partial charge in [-0.25, -0.2) is 9.78 Å². The Balaban J connectivity index is 1.81. The molecule has 1 atom stereocenters. The molecular formula is C18H13ClF3N3O4. The Morgan fingerprint density at radius 1 is 1.28 bits per heavy atom. The highest BCUT2D eigenvalue weighted by Gasteiger charge is 2.35. The smallest absolute Gasteiger partial charge is 0.416 e. The van der Waals surface area contributed by atoms with Crippen molar-refractivity contribution in [2.75, 3.05) is 16.8 Å². The van der Waals surface area contributed by atoms with Crippen LogP contribution in [0, 0.1) is 0 Å². The molecule has 0 spiro atoms. The summed E-state index contributed by atoms with van der Waals surface area (Å²) in [6.45, 7) is 0.863. The van der Waals surface area contributed by atoms with Gasteiger partial charge in [-0.15, -0.1) is 0 Å². The zero-order valence-corrected chi connectivity index (χ0v) is 15.5. The molecule has 3 rings (SSSR count). The number of fused-ring (bicyclic) bond motifs is 1. The maximum absolute atomic E-state index is 12.9. The quantitative estimate of drug-likeness (QED) is 0.600.